The quantitative estimate of drug-likeness (QED) is 0.443. The minimum Gasteiger partial charge on any atom is -0.299 e. The zero-order chi connectivity index (χ0) is 6.88. The summed E-state index contributed by atoms with van der Waals surface area (Å²) in [4.78, 5) is 11.3. The molecule has 4 fully saturated rings. The van der Waals surface area contributed by atoms with Gasteiger partial charge in [0.05, 0.1) is 0 Å². The van der Waals surface area contributed by atoms with Crippen molar-refractivity contribution in [2.24, 2.45) is 29.6 Å². The average molecular weight is 132 g/mol. The second kappa shape index (κ2) is 1.16. The second-order valence-electron chi connectivity index (χ2n) is 3.70. The van der Waals surface area contributed by atoms with E-state index in [1.807, 2.05) is 0 Å². The van der Waals surface area contributed by atoms with Gasteiger partial charge < -0.3 is 0 Å². The van der Waals surface area contributed by atoms with Crippen molar-refractivity contribution in [3.05, 3.63) is 0 Å². The standard InChI is InChI=1S/C9H8O/c1-2-4-5-3-6-7(4)8(6)9(5)10/h1,4-8H,3H2. The van der Waals surface area contributed by atoms with Crippen LogP contribution in [0, 0.1) is 41.9 Å². The Morgan fingerprint density at radius 2 is 2.40 bits per heavy atom. The van der Waals surface area contributed by atoms with Gasteiger partial charge in [-0.1, -0.05) is 0 Å². The van der Waals surface area contributed by atoms with Crippen molar-refractivity contribution < 1.29 is 4.79 Å². The molecule has 4 saturated carbocycles. The van der Waals surface area contributed by atoms with Crippen molar-refractivity contribution in [3.8, 4) is 12.3 Å². The molecule has 50 valence electrons. The number of carbonyl (C=O) groups excluding carboxylic acids is 1. The Balaban J connectivity index is 2.11. The fourth-order valence-corrected chi connectivity index (χ4v) is 3.07. The van der Waals surface area contributed by atoms with Crippen LogP contribution in [0.3, 0.4) is 0 Å². The molecular formula is C9H8O. The Labute approximate surface area is 59.8 Å². The van der Waals surface area contributed by atoms with Gasteiger partial charge in [-0.25, -0.2) is 0 Å². The van der Waals surface area contributed by atoms with Crippen molar-refractivity contribution in [1.82, 2.24) is 0 Å². The van der Waals surface area contributed by atoms with Crippen LogP contribution in [-0.4, -0.2) is 5.78 Å². The molecule has 0 amide bonds. The Morgan fingerprint density at radius 3 is 2.60 bits per heavy atom. The van der Waals surface area contributed by atoms with Gasteiger partial charge in [-0.2, -0.15) is 0 Å². The largest absolute Gasteiger partial charge is 0.299 e. The Bertz CT molecular complexity index is 260. The molecule has 4 bridgehead atoms. The Hall–Kier alpha value is -0.770. The molecule has 0 aromatic rings. The maximum atomic E-state index is 11.3. The molecule has 4 aliphatic carbocycles. The van der Waals surface area contributed by atoms with E-state index >= 15 is 0 Å². The maximum Gasteiger partial charge on any atom is 0.140 e. The predicted octanol–water partition coefficient (Wildman–Crippen LogP) is 0.701. The van der Waals surface area contributed by atoms with Crippen LogP contribution in [0.1, 0.15) is 6.42 Å². The molecule has 5 atom stereocenters. The summed E-state index contributed by atoms with van der Waals surface area (Å²) in [6.45, 7) is 0. The summed E-state index contributed by atoms with van der Waals surface area (Å²) in [7, 11) is 0. The minimum atomic E-state index is 0.282. The third-order valence-corrected chi connectivity index (χ3v) is 3.49. The Morgan fingerprint density at radius 1 is 1.60 bits per heavy atom. The molecular weight excluding hydrogens is 124 g/mol. The third-order valence-electron chi connectivity index (χ3n) is 3.49. The molecule has 10 heavy (non-hydrogen) atoms. The molecule has 0 aromatic heterocycles. The van der Waals surface area contributed by atoms with E-state index in [4.69, 9.17) is 6.42 Å². The Kier molecular flexibility index (Phi) is 0.577. The first-order chi connectivity index (χ1) is 4.84. The van der Waals surface area contributed by atoms with Gasteiger partial charge in [-0.3, -0.25) is 4.79 Å². The summed E-state index contributed by atoms with van der Waals surface area (Å²) < 4.78 is 0. The average Bonchev–Trinajstić information content (AvgIpc) is 2.29. The molecule has 0 heterocycles. The van der Waals surface area contributed by atoms with Crippen LogP contribution in [-0.2, 0) is 4.79 Å². The van der Waals surface area contributed by atoms with E-state index in [1.54, 1.807) is 0 Å². The molecule has 1 heteroatoms. The number of rotatable bonds is 0. The van der Waals surface area contributed by atoms with Crippen LogP contribution in [0.2, 0.25) is 0 Å². The molecule has 5 unspecified atom stereocenters. The lowest BCUT2D eigenvalue weighted by molar-refractivity contribution is -0.121. The summed E-state index contributed by atoms with van der Waals surface area (Å²) in [5.41, 5.74) is 0. The highest BCUT2D eigenvalue weighted by molar-refractivity contribution is 5.93. The number of hydrogen-bond donors (Lipinski definition) is 0. The molecule has 0 N–H and O–H groups in total. The smallest absolute Gasteiger partial charge is 0.140 e. The zero-order valence-corrected chi connectivity index (χ0v) is 5.58. The van der Waals surface area contributed by atoms with E-state index in [0.29, 0.717) is 23.5 Å². The number of carbonyl (C=O) groups is 1. The predicted molar refractivity (Wildman–Crippen MR) is 35.9 cm³/mol. The summed E-state index contributed by atoms with van der Waals surface area (Å²) in [5.74, 6) is 5.63. The molecule has 0 aromatic carbocycles. The minimum absolute atomic E-state index is 0.282. The number of hydrogen-bond acceptors (Lipinski definition) is 1. The fourth-order valence-electron chi connectivity index (χ4n) is 3.07. The molecule has 1 nitrogen and oxygen atoms in total. The van der Waals surface area contributed by atoms with Crippen LogP contribution in [0.5, 0.6) is 0 Å². The molecule has 0 aliphatic heterocycles. The zero-order valence-electron chi connectivity index (χ0n) is 5.58. The summed E-state index contributed by atoms with van der Waals surface area (Å²) in [6.07, 6.45) is 6.44. The van der Waals surface area contributed by atoms with Crippen molar-refractivity contribution in [3.63, 3.8) is 0 Å². The number of terminal acetylenes is 1. The molecule has 0 spiro atoms. The van der Waals surface area contributed by atoms with Crippen LogP contribution in [0.4, 0.5) is 0 Å². The highest BCUT2D eigenvalue weighted by Crippen LogP contribution is 2.70. The van der Waals surface area contributed by atoms with Gasteiger partial charge in [0.1, 0.15) is 5.78 Å². The topological polar surface area (TPSA) is 17.1 Å². The second-order valence-corrected chi connectivity index (χ2v) is 3.70. The monoisotopic (exact) mass is 132 g/mol. The highest BCUT2D eigenvalue weighted by atomic mass is 16.1. The van der Waals surface area contributed by atoms with E-state index < -0.39 is 0 Å². The van der Waals surface area contributed by atoms with E-state index in [2.05, 4.69) is 5.92 Å². The fraction of sp³-hybridized carbons (Fsp3) is 0.667. The van der Waals surface area contributed by atoms with E-state index in [9.17, 15) is 4.79 Å². The number of Topliss-reactive ketones (excluding diaryl/α,β-unsaturated/α-hetero) is 1. The molecule has 0 radical (unpaired) electrons. The maximum absolute atomic E-state index is 11.3. The first-order valence-electron chi connectivity index (χ1n) is 3.84. The van der Waals surface area contributed by atoms with Crippen molar-refractivity contribution in [1.29, 1.82) is 0 Å². The van der Waals surface area contributed by atoms with Crippen LogP contribution >= 0.6 is 0 Å². The van der Waals surface area contributed by atoms with Gasteiger partial charge in [0.25, 0.3) is 0 Å². The molecule has 4 rings (SSSR count). The molecule has 4 aliphatic rings. The van der Waals surface area contributed by atoms with E-state index in [-0.39, 0.29) is 5.92 Å². The van der Waals surface area contributed by atoms with Gasteiger partial charge in [0.15, 0.2) is 0 Å². The van der Waals surface area contributed by atoms with E-state index in [1.165, 1.54) is 0 Å². The lowest BCUT2D eigenvalue weighted by atomic mass is 9.99. The van der Waals surface area contributed by atoms with E-state index in [0.717, 1.165) is 12.3 Å². The summed E-state index contributed by atoms with van der Waals surface area (Å²) in [5, 5.41) is 0. The SMILES string of the molecule is C#CC1C2CC3C(C2=O)C13. The van der Waals surface area contributed by atoms with Crippen LogP contribution < -0.4 is 0 Å². The first-order valence-corrected chi connectivity index (χ1v) is 3.84. The van der Waals surface area contributed by atoms with Crippen molar-refractivity contribution in [2.75, 3.05) is 0 Å². The van der Waals surface area contributed by atoms with Gasteiger partial charge in [0.2, 0.25) is 0 Å². The van der Waals surface area contributed by atoms with Crippen LogP contribution in [0.15, 0.2) is 0 Å². The van der Waals surface area contributed by atoms with Crippen molar-refractivity contribution in [2.45, 2.75) is 6.42 Å². The van der Waals surface area contributed by atoms with Gasteiger partial charge >= 0.3 is 0 Å². The molecule has 0 saturated heterocycles. The summed E-state index contributed by atoms with van der Waals surface area (Å²) >= 11 is 0. The third kappa shape index (κ3) is 0.288. The lowest BCUT2D eigenvalue weighted by Crippen LogP contribution is -2.08. The van der Waals surface area contributed by atoms with Gasteiger partial charge in [-0.15, -0.1) is 12.3 Å². The first kappa shape index (κ1) is 4.96. The number of ketones is 1. The highest BCUT2D eigenvalue weighted by Gasteiger charge is 2.73. The van der Waals surface area contributed by atoms with Crippen LogP contribution in [0.25, 0.3) is 0 Å². The van der Waals surface area contributed by atoms with Gasteiger partial charge in [0, 0.05) is 17.8 Å². The normalized spacial score (nSPS) is 60.7. The van der Waals surface area contributed by atoms with Crippen molar-refractivity contribution >= 4 is 5.78 Å². The van der Waals surface area contributed by atoms with Gasteiger partial charge in [-0.05, 0) is 18.3 Å². The lowest BCUT2D eigenvalue weighted by Gasteiger charge is -2.02. The summed E-state index contributed by atoms with van der Waals surface area (Å²) in [6, 6.07) is 0.